The molecule has 1 saturated heterocycles. The Bertz CT molecular complexity index is 829. The third-order valence-corrected chi connectivity index (χ3v) is 4.98. The fourth-order valence-electron chi connectivity index (χ4n) is 3.40. The van der Waals surface area contributed by atoms with Gasteiger partial charge < -0.3 is 24.0 Å². The average Bonchev–Trinajstić information content (AvgIpc) is 2.77. The Morgan fingerprint density at radius 3 is 2.28 bits per heavy atom. The van der Waals surface area contributed by atoms with Gasteiger partial charge in [-0.2, -0.15) is 0 Å². The lowest BCUT2D eigenvalue weighted by Crippen LogP contribution is -2.48. The molecule has 1 fully saturated rings. The van der Waals surface area contributed by atoms with Crippen molar-refractivity contribution in [2.75, 3.05) is 51.9 Å². The molecule has 0 N–H and O–H groups in total. The van der Waals surface area contributed by atoms with Crippen LogP contribution >= 0.6 is 0 Å². The van der Waals surface area contributed by atoms with Crippen LogP contribution < -0.4 is 19.1 Å². The van der Waals surface area contributed by atoms with Crippen molar-refractivity contribution in [1.82, 2.24) is 4.90 Å². The minimum absolute atomic E-state index is 0.0124. The predicted octanol–water partition coefficient (Wildman–Crippen LogP) is 3.70. The summed E-state index contributed by atoms with van der Waals surface area (Å²) in [4.78, 5) is 17.1. The van der Waals surface area contributed by atoms with Gasteiger partial charge in [0.05, 0.1) is 26.5 Å². The van der Waals surface area contributed by atoms with Crippen LogP contribution in [0, 0.1) is 5.92 Å². The zero-order valence-electron chi connectivity index (χ0n) is 17.7. The maximum Gasteiger partial charge on any atom is 0.254 e. The lowest BCUT2D eigenvalue weighted by atomic mass is 10.1. The number of hydrogen-bond donors (Lipinski definition) is 0. The smallest absolute Gasteiger partial charge is 0.254 e. The number of rotatable bonds is 7. The normalized spacial score (nSPS) is 14.1. The van der Waals surface area contributed by atoms with E-state index in [0.717, 1.165) is 24.5 Å². The fraction of sp³-hybridized carbons (Fsp3) is 0.435. The average molecular weight is 399 g/mol. The Balaban J connectivity index is 1.66. The highest BCUT2D eigenvalue weighted by molar-refractivity contribution is 5.95. The fourth-order valence-corrected chi connectivity index (χ4v) is 3.40. The summed E-state index contributed by atoms with van der Waals surface area (Å²) in [7, 11) is 3.28. The van der Waals surface area contributed by atoms with Crippen molar-refractivity contribution in [3.05, 3.63) is 48.0 Å². The van der Waals surface area contributed by atoms with Gasteiger partial charge in [-0.3, -0.25) is 4.79 Å². The highest BCUT2D eigenvalue weighted by atomic mass is 16.5. The summed E-state index contributed by atoms with van der Waals surface area (Å²) in [5, 5.41) is 0. The van der Waals surface area contributed by atoms with E-state index in [2.05, 4.69) is 24.8 Å². The second-order valence-corrected chi connectivity index (χ2v) is 7.52. The summed E-state index contributed by atoms with van der Waals surface area (Å²) in [6, 6.07) is 13.4. The molecule has 0 atom stereocenters. The van der Waals surface area contributed by atoms with Gasteiger partial charge in [0.2, 0.25) is 0 Å². The SMILES string of the molecule is COc1cc(C(=O)N2CCN(c3ccccc3OC)CC2)ccc1OCC(C)C. The van der Waals surface area contributed by atoms with Gasteiger partial charge in [-0.1, -0.05) is 26.0 Å². The Morgan fingerprint density at radius 1 is 0.931 bits per heavy atom. The lowest BCUT2D eigenvalue weighted by molar-refractivity contribution is 0.0746. The molecule has 0 saturated carbocycles. The molecule has 3 rings (SSSR count). The van der Waals surface area contributed by atoms with Crippen LogP contribution in [0.5, 0.6) is 17.2 Å². The molecule has 6 nitrogen and oxygen atoms in total. The maximum absolute atomic E-state index is 13.0. The number of amides is 1. The van der Waals surface area contributed by atoms with E-state index in [9.17, 15) is 4.79 Å². The van der Waals surface area contributed by atoms with Crippen molar-refractivity contribution in [2.24, 2.45) is 5.92 Å². The van der Waals surface area contributed by atoms with Gasteiger partial charge in [-0.25, -0.2) is 0 Å². The van der Waals surface area contributed by atoms with E-state index in [0.29, 0.717) is 42.7 Å². The number of anilines is 1. The summed E-state index contributed by atoms with van der Waals surface area (Å²) in [5.41, 5.74) is 1.68. The first-order chi connectivity index (χ1) is 14.0. The maximum atomic E-state index is 13.0. The molecule has 2 aromatic carbocycles. The van der Waals surface area contributed by atoms with E-state index in [1.807, 2.05) is 35.2 Å². The monoisotopic (exact) mass is 398 g/mol. The number of carbonyl (C=O) groups excluding carboxylic acids is 1. The topological polar surface area (TPSA) is 51.2 Å². The number of carbonyl (C=O) groups is 1. The Labute approximate surface area is 173 Å². The highest BCUT2D eigenvalue weighted by Crippen LogP contribution is 2.30. The van der Waals surface area contributed by atoms with Crippen LogP contribution in [0.15, 0.2) is 42.5 Å². The number of piperazine rings is 1. The van der Waals surface area contributed by atoms with Crippen LogP contribution in [0.25, 0.3) is 0 Å². The van der Waals surface area contributed by atoms with Crippen molar-refractivity contribution < 1.29 is 19.0 Å². The number of benzene rings is 2. The zero-order valence-corrected chi connectivity index (χ0v) is 17.7. The van der Waals surface area contributed by atoms with Gasteiger partial charge >= 0.3 is 0 Å². The van der Waals surface area contributed by atoms with Crippen LogP contribution in [0.1, 0.15) is 24.2 Å². The first-order valence-corrected chi connectivity index (χ1v) is 10.0. The largest absolute Gasteiger partial charge is 0.495 e. The second-order valence-electron chi connectivity index (χ2n) is 7.52. The molecule has 1 aliphatic rings. The number of ether oxygens (including phenoxy) is 3. The van der Waals surface area contributed by atoms with E-state index in [1.165, 1.54) is 0 Å². The molecule has 0 spiro atoms. The molecule has 1 amide bonds. The van der Waals surface area contributed by atoms with Crippen LogP contribution in [0.4, 0.5) is 5.69 Å². The molecule has 2 aromatic rings. The summed E-state index contributed by atoms with van der Waals surface area (Å²) >= 11 is 0. The minimum atomic E-state index is 0.0124. The van der Waals surface area contributed by atoms with Gasteiger partial charge in [-0.15, -0.1) is 0 Å². The third-order valence-electron chi connectivity index (χ3n) is 4.98. The Morgan fingerprint density at radius 2 is 1.62 bits per heavy atom. The molecule has 0 unspecified atom stereocenters. The molecule has 0 bridgehead atoms. The number of para-hydroxylation sites is 2. The third kappa shape index (κ3) is 4.94. The molecular weight excluding hydrogens is 368 g/mol. The second kappa shape index (κ2) is 9.54. The number of hydrogen-bond acceptors (Lipinski definition) is 5. The van der Waals surface area contributed by atoms with Crippen molar-refractivity contribution in [1.29, 1.82) is 0 Å². The minimum Gasteiger partial charge on any atom is -0.495 e. The van der Waals surface area contributed by atoms with Gasteiger partial charge in [0.25, 0.3) is 5.91 Å². The van der Waals surface area contributed by atoms with Gasteiger partial charge in [-0.05, 0) is 36.2 Å². The zero-order chi connectivity index (χ0) is 20.8. The summed E-state index contributed by atoms with van der Waals surface area (Å²) in [6.45, 7) is 7.63. The molecule has 29 heavy (non-hydrogen) atoms. The molecule has 156 valence electrons. The molecule has 6 heteroatoms. The highest BCUT2D eigenvalue weighted by Gasteiger charge is 2.24. The van der Waals surface area contributed by atoms with E-state index in [1.54, 1.807) is 20.3 Å². The van der Waals surface area contributed by atoms with Crippen LogP contribution in [0.2, 0.25) is 0 Å². The first kappa shape index (κ1) is 20.8. The van der Waals surface area contributed by atoms with E-state index in [-0.39, 0.29) is 5.91 Å². The van der Waals surface area contributed by atoms with Crippen LogP contribution in [-0.2, 0) is 0 Å². The van der Waals surface area contributed by atoms with Gasteiger partial charge in [0.1, 0.15) is 5.75 Å². The number of nitrogens with zero attached hydrogens (tertiary/aromatic N) is 2. The predicted molar refractivity (Wildman–Crippen MR) is 114 cm³/mol. The van der Waals surface area contributed by atoms with Gasteiger partial charge in [0.15, 0.2) is 11.5 Å². The van der Waals surface area contributed by atoms with Crippen LogP contribution in [-0.4, -0.2) is 57.8 Å². The van der Waals surface area contributed by atoms with E-state index < -0.39 is 0 Å². The molecule has 0 radical (unpaired) electrons. The van der Waals surface area contributed by atoms with Crippen LogP contribution in [0.3, 0.4) is 0 Å². The molecular formula is C23H30N2O4. The van der Waals surface area contributed by atoms with E-state index in [4.69, 9.17) is 14.2 Å². The quantitative estimate of drug-likeness (QED) is 0.712. The van der Waals surface area contributed by atoms with Crippen molar-refractivity contribution in [3.63, 3.8) is 0 Å². The summed E-state index contributed by atoms with van der Waals surface area (Å²) in [6.07, 6.45) is 0. The summed E-state index contributed by atoms with van der Waals surface area (Å²) < 4.78 is 16.7. The number of methoxy groups -OCH3 is 2. The van der Waals surface area contributed by atoms with Crippen molar-refractivity contribution in [3.8, 4) is 17.2 Å². The standard InChI is InChI=1S/C23H30N2O4/c1-17(2)16-29-21-10-9-18(15-22(21)28-4)23(26)25-13-11-24(12-14-25)19-7-5-6-8-20(19)27-3/h5-10,15,17H,11-14,16H2,1-4H3. The lowest BCUT2D eigenvalue weighted by Gasteiger charge is -2.36. The van der Waals surface area contributed by atoms with Gasteiger partial charge in [0, 0.05) is 31.7 Å². The van der Waals surface area contributed by atoms with Crippen molar-refractivity contribution in [2.45, 2.75) is 13.8 Å². The Hall–Kier alpha value is -2.89. The molecule has 0 aliphatic carbocycles. The molecule has 1 heterocycles. The van der Waals surface area contributed by atoms with Crippen molar-refractivity contribution >= 4 is 11.6 Å². The molecule has 1 aliphatic heterocycles. The summed E-state index contributed by atoms with van der Waals surface area (Å²) in [5.74, 6) is 2.54. The first-order valence-electron chi connectivity index (χ1n) is 10.0. The molecule has 0 aromatic heterocycles. The Kier molecular flexibility index (Phi) is 6.86. The van der Waals surface area contributed by atoms with E-state index >= 15 is 0 Å².